The van der Waals surface area contributed by atoms with Crippen molar-refractivity contribution in [3.8, 4) is 0 Å². The molecule has 6 heteroatoms. The zero-order valence-corrected chi connectivity index (χ0v) is 12.0. The van der Waals surface area contributed by atoms with E-state index in [0.717, 1.165) is 12.2 Å². The zero-order valence-electron chi connectivity index (χ0n) is 12.0. The van der Waals surface area contributed by atoms with Gasteiger partial charge in [-0.15, -0.1) is 0 Å². The minimum Gasteiger partial charge on any atom is -0.478 e. The number of nitrogens with zero attached hydrogens (tertiary/aromatic N) is 2. The summed E-state index contributed by atoms with van der Waals surface area (Å²) in [4.78, 5) is 23.1. The molecule has 2 aromatic rings. The Morgan fingerprint density at radius 1 is 1.33 bits per heavy atom. The Hall–Kier alpha value is -2.63. The second-order valence-electron chi connectivity index (χ2n) is 4.67. The third-order valence-corrected chi connectivity index (χ3v) is 3.15. The Morgan fingerprint density at radius 2 is 2.05 bits per heavy atom. The van der Waals surface area contributed by atoms with Crippen LogP contribution < -0.4 is 5.32 Å². The van der Waals surface area contributed by atoms with Crippen molar-refractivity contribution in [2.75, 3.05) is 5.32 Å². The molecule has 1 aromatic heterocycles. The summed E-state index contributed by atoms with van der Waals surface area (Å²) in [6.07, 6.45) is 0.000502. The minimum absolute atomic E-state index is 0.000502. The van der Waals surface area contributed by atoms with E-state index < -0.39 is 5.97 Å². The molecule has 110 valence electrons. The molecule has 6 nitrogen and oxygen atoms in total. The van der Waals surface area contributed by atoms with Gasteiger partial charge in [0.15, 0.2) is 5.82 Å². The molecule has 0 aliphatic heterocycles. The Kier molecular flexibility index (Phi) is 4.37. The Bertz CT molecular complexity index is 677. The van der Waals surface area contributed by atoms with Gasteiger partial charge in [-0.05, 0) is 25.5 Å². The summed E-state index contributed by atoms with van der Waals surface area (Å²) < 4.78 is 1.78. The first kappa shape index (κ1) is 14.8. The van der Waals surface area contributed by atoms with Crippen LogP contribution >= 0.6 is 0 Å². The van der Waals surface area contributed by atoms with E-state index in [4.69, 9.17) is 5.11 Å². The van der Waals surface area contributed by atoms with Crippen molar-refractivity contribution in [3.05, 3.63) is 47.2 Å². The number of hydrogen-bond acceptors (Lipinski definition) is 3. The van der Waals surface area contributed by atoms with Gasteiger partial charge in [0.1, 0.15) is 0 Å². The molecule has 0 bridgehead atoms. The van der Waals surface area contributed by atoms with E-state index in [2.05, 4.69) is 10.4 Å². The van der Waals surface area contributed by atoms with Crippen LogP contribution in [0.3, 0.4) is 0 Å². The molecule has 2 N–H and O–H groups in total. The number of aryl methyl sites for hydroxylation is 2. The van der Waals surface area contributed by atoms with Crippen molar-refractivity contribution in [2.24, 2.45) is 0 Å². The molecule has 21 heavy (non-hydrogen) atoms. The SMILES string of the molecule is CCn1nc(NC(=O)Cc2ccccc2C(=O)O)cc1C. The summed E-state index contributed by atoms with van der Waals surface area (Å²) in [6.45, 7) is 4.60. The second-order valence-corrected chi connectivity index (χ2v) is 4.67. The van der Waals surface area contributed by atoms with Crippen LogP contribution in [0.25, 0.3) is 0 Å². The summed E-state index contributed by atoms with van der Waals surface area (Å²) in [6, 6.07) is 8.26. The van der Waals surface area contributed by atoms with Crippen molar-refractivity contribution < 1.29 is 14.7 Å². The van der Waals surface area contributed by atoms with E-state index in [1.807, 2.05) is 13.8 Å². The first-order chi connectivity index (χ1) is 10.0. The highest BCUT2D eigenvalue weighted by molar-refractivity contribution is 5.95. The number of carboxylic acid groups (broad SMARTS) is 1. The molecule has 0 saturated carbocycles. The summed E-state index contributed by atoms with van der Waals surface area (Å²) in [5.74, 6) is -0.846. The summed E-state index contributed by atoms with van der Waals surface area (Å²) >= 11 is 0. The fraction of sp³-hybridized carbons (Fsp3) is 0.267. The maximum atomic E-state index is 12.0. The van der Waals surface area contributed by atoms with E-state index >= 15 is 0 Å². The van der Waals surface area contributed by atoms with E-state index in [-0.39, 0.29) is 17.9 Å². The summed E-state index contributed by atoms with van der Waals surface area (Å²) in [5.41, 5.74) is 1.58. The predicted octanol–water partition coefficient (Wildman–Crippen LogP) is 2.09. The fourth-order valence-corrected chi connectivity index (χ4v) is 2.13. The van der Waals surface area contributed by atoms with Gasteiger partial charge in [-0.25, -0.2) is 4.79 Å². The molecule has 2 rings (SSSR count). The molecule has 0 aliphatic rings. The molecular formula is C15H17N3O3. The van der Waals surface area contributed by atoms with E-state index in [9.17, 15) is 9.59 Å². The van der Waals surface area contributed by atoms with Crippen molar-refractivity contribution in [1.82, 2.24) is 9.78 Å². The van der Waals surface area contributed by atoms with Gasteiger partial charge in [0.05, 0.1) is 12.0 Å². The lowest BCUT2D eigenvalue weighted by Gasteiger charge is -2.05. The van der Waals surface area contributed by atoms with E-state index in [1.54, 1.807) is 28.9 Å². The van der Waals surface area contributed by atoms with Gasteiger partial charge in [0.25, 0.3) is 0 Å². The summed E-state index contributed by atoms with van der Waals surface area (Å²) in [7, 11) is 0. The summed E-state index contributed by atoms with van der Waals surface area (Å²) in [5, 5.41) is 16.0. The standard InChI is InChI=1S/C15H17N3O3/c1-3-18-10(2)8-13(17-18)16-14(19)9-11-6-4-5-7-12(11)15(20)21/h4-8H,3,9H2,1-2H3,(H,20,21)(H,16,17,19). The molecule has 1 aromatic carbocycles. The lowest BCUT2D eigenvalue weighted by molar-refractivity contribution is -0.115. The van der Waals surface area contributed by atoms with Crippen LogP contribution in [0.1, 0.15) is 28.5 Å². The topological polar surface area (TPSA) is 84.2 Å². The van der Waals surface area contributed by atoms with Gasteiger partial charge in [-0.2, -0.15) is 5.10 Å². The monoisotopic (exact) mass is 287 g/mol. The molecule has 0 aliphatic carbocycles. The van der Waals surface area contributed by atoms with Gasteiger partial charge < -0.3 is 10.4 Å². The molecule has 1 heterocycles. The smallest absolute Gasteiger partial charge is 0.335 e. The van der Waals surface area contributed by atoms with Gasteiger partial charge in [-0.3, -0.25) is 9.48 Å². The van der Waals surface area contributed by atoms with Crippen LogP contribution in [-0.2, 0) is 17.8 Å². The van der Waals surface area contributed by atoms with Crippen LogP contribution in [0.4, 0.5) is 5.82 Å². The molecule has 0 saturated heterocycles. The number of amides is 1. The fourth-order valence-electron chi connectivity index (χ4n) is 2.13. The van der Waals surface area contributed by atoms with Crippen molar-refractivity contribution >= 4 is 17.7 Å². The van der Waals surface area contributed by atoms with Crippen molar-refractivity contribution in [1.29, 1.82) is 0 Å². The van der Waals surface area contributed by atoms with Crippen LogP contribution in [0.2, 0.25) is 0 Å². The molecule has 0 unspecified atom stereocenters. The van der Waals surface area contributed by atoms with Crippen molar-refractivity contribution in [3.63, 3.8) is 0 Å². The maximum absolute atomic E-state index is 12.0. The normalized spacial score (nSPS) is 10.4. The van der Waals surface area contributed by atoms with Crippen LogP contribution in [-0.4, -0.2) is 26.8 Å². The largest absolute Gasteiger partial charge is 0.478 e. The number of hydrogen-bond donors (Lipinski definition) is 2. The third-order valence-electron chi connectivity index (χ3n) is 3.15. The van der Waals surface area contributed by atoms with E-state index in [1.165, 1.54) is 6.07 Å². The number of rotatable bonds is 5. The van der Waals surface area contributed by atoms with Gasteiger partial charge in [-0.1, -0.05) is 18.2 Å². The molecule has 0 radical (unpaired) electrons. The number of carboxylic acids is 1. The van der Waals surface area contributed by atoms with Crippen LogP contribution in [0.5, 0.6) is 0 Å². The molecule has 0 fully saturated rings. The second kappa shape index (κ2) is 6.21. The van der Waals surface area contributed by atoms with Crippen molar-refractivity contribution in [2.45, 2.75) is 26.8 Å². The number of carbonyl (C=O) groups is 2. The lowest BCUT2D eigenvalue weighted by atomic mass is 10.0. The number of carbonyl (C=O) groups excluding carboxylic acids is 1. The Morgan fingerprint density at radius 3 is 2.67 bits per heavy atom. The van der Waals surface area contributed by atoms with Gasteiger partial charge in [0.2, 0.25) is 5.91 Å². The average molecular weight is 287 g/mol. The molecule has 0 atom stereocenters. The highest BCUT2D eigenvalue weighted by Gasteiger charge is 2.13. The Balaban J connectivity index is 2.10. The van der Waals surface area contributed by atoms with Gasteiger partial charge >= 0.3 is 5.97 Å². The minimum atomic E-state index is -1.04. The molecular weight excluding hydrogens is 270 g/mol. The first-order valence-corrected chi connectivity index (χ1v) is 6.66. The third kappa shape index (κ3) is 3.47. The average Bonchev–Trinajstić information content (AvgIpc) is 2.78. The predicted molar refractivity (Wildman–Crippen MR) is 78.4 cm³/mol. The number of benzene rings is 1. The first-order valence-electron chi connectivity index (χ1n) is 6.66. The van der Waals surface area contributed by atoms with E-state index in [0.29, 0.717) is 11.4 Å². The molecule has 1 amide bonds. The Labute approximate surface area is 122 Å². The number of aromatic nitrogens is 2. The number of anilines is 1. The highest BCUT2D eigenvalue weighted by atomic mass is 16.4. The maximum Gasteiger partial charge on any atom is 0.335 e. The highest BCUT2D eigenvalue weighted by Crippen LogP contribution is 2.12. The molecule has 0 spiro atoms. The van der Waals surface area contributed by atoms with Crippen LogP contribution in [0, 0.1) is 6.92 Å². The number of nitrogens with one attached hydrogen (secondary N) is 1. The quantitative estimate of drug-likeness (QED) is 0.882. The number of aromatic carboxylic acids is 1. The lowest BCUT2D eigenvalue weighted by Crippen LogP contribution is -2.17. The zero-order chi connectivity index (χ0) is 15.4. The van der Waals surface area contributed by atoms with Gasteiger partial charge in [0, 0.05) is 18.3 Å². The van der Waals surface area contributed by atoms with Crippen LogP contribution in [0.15, 0.2) is 30.3 Å².